The van der Waals surface area contributed by atoms with Crippen molar-refractivity contribution in [1.82, 2.24) is 0 Å². The molecule has 2 N–H and O–H groups in total. The summed E-state index contributed by atoms with van der Waals surface area (Å²) in [6.45, 7) is 0. The quantitative estimate of drug-likeness (QED) is 0.718. The molecule has 0 saturated carbocycles. The van der Waals surface area contributed by atoms with E-state index in [0.717, 1.165) is 42.3 Å². The Labute approximate surface area is 153 Å². The predicted molar refractivity (Wildman–Crippen MR) is 103 cm³/mol. The van der Waals surface area contributed by atoms with E-state index in [1.807, 2.05) is 6.07 Å². The molecule has 0 aliphatic carbocycles. The van der Waals surface area contributed by atoms with Gasteiger partial charge in [0.25, 0.3) is 0 Å². The Bertz CT molecular complexity index is 622. The lowest BCUT2D eigenvalue weighted by Crippen LogP contribution is -2.15. The maximum Gasteiger partial charge on any atom is 0.303 e. The topological polar surface area (TPSA) is 122 Å². The maximum absolute atomic E-state index is 10.4. The zero-order valence-corrected chi connectivity index (χ0v) is 15.7. The van der Waals surface area contributed by atoms with E-state index in [-0.39, 0.29) is 27.4 Å². The van der Waals surface area contributed by atoms with E-state index in [1.54, 1.807) is 10.7 Å². The fourth-order valence-corrected chi connectivity index (χ4v) is 6.82. The van der Waals surface area contributed by atoms with Gasteiger partial charge in [-0.2, -0.15) is 31.5 Å². The van der Waals surface area contributed by atoms with Crippen LogP contribution >= 0.6 is 21.0 Å². The molecule has 2 aliphatic rings. The van der Waals surface area contributed by atoms with E-state index in [1.165, 1.54) is 0 Å². The molecule has 2 rings (SSSR count). The summed E-state index contributed by atoms with van der Waals surface area (Å²) >= 11 is 0. The summed E-state index contributed by atoms with van der Waals surface area (Å²) in [7, 11) is 0.217. The minimum absolute atomic E-state index is 0.0767. The average molecular weight is 385 g/mol. The fraction of sp³-hybridized carbons (Fsp3) is 0.647. The second-order valence-corrected chi connectivity index (χ2v) is 10.3. The van der Waals surface area contributed by atoms with Crippen molar-refractivity contribution < 1.29 is 19.8 Å². The van der Waals surface area contributed by atoms with Crippen molar-refractivity contribution in [1.29, 1.82) is 10.5 Å². The second kappa shape index (κ2) is 11.8. The maximum atomic E-state index is 10.4. The molecule has 2 atom stereocenters. The van der Waals surface area contributed by atoms with Gasteiger partial charge >= 0.3 is 11.9 Å². The number of rotatable bonds is 4. The highest BCUT2D eigenvalue weighted by Crippen LogP contribution is 2.31. The first-order valence-corrected chi connectivity index (χ1v) is 11.4. The van der Waals surface area contributed by atoms with Crippen LogP contribution in [0.4, 0.5) is 0 Å². The summed E-state index contributed by atoms with van der Waals surface area (Å²) in [4.78, 5) is 20.8. The Hall–Kier alpha value is -1.64. The van der Waals surface area contributed by atoms with Crippen LogP contribution < -0.4 is 0 Å². The normalized spacial score (nSPS) is 28.1. The van der Waals surface area contributed by atoms with E-state index in [9.17, 15) is 9.59 Å². The average Bonchev–Trinajstić information content (AvgIpc) is 2.96. The van der Waals surface area contributed by atoms with Gasteiger partial charge in [-0.3, -0.25) is 9.59 Å². The van der Waals surface area contributed by atoms with Crippen LogP contribution in [0.5, 0.6) is 0 Å². The molecule has 138 valence electrons. The number of nitrogens with zero attached hydrogens (tertiary/aromatic N) is 2. The van der Waals surface area contributed by atoms with Crippen molar-refractivity contribution in [2.24, 2.45) is 11.8 Å². The standard InChI is InChI=1S/C9H13NO2S.C8H11NO2S/c10-3-6-13-4-1-8(2-5-13)7-9(11)12;9-2-4-12-3-1-7(6-12)5-8(10)11/h6,8H,1-2,4-5,7H2,(H,11,12);4,7H,1,3,5-6H2,(H,10,11). The van der Waals surface area contributed by atoms with Crippen molar-refractivity contribution in [2.45, 2.75) is 32.1 Å². The SMILES string of the molecule is N#C/C=S1\CCC(CC(=O)O)C1.N#CC=S1CCC(CC(=O)O)CC1. The van der Waals surface area contributed by atoms with Crippen LogP contribution in [0.3, 0.4) is 0 Å². The highest BCUT2D eigenvalue weighted by Gasteiger charge is 2.20. The molecule has 6 nitrogen and oxygen atoms in total. The molecule has 0 radical (unpaired) electrons. The summed E-state index contributed by atoms with van der Waals surface area (Å²) in [6.07, 6.45) is 3.46. The van der Waals surface area contributed by atoms with Gasteiger partial charge in [-0.25, -0.2) is 0 Å². The molecule has 0 amide bonds. The molecule has 2 unspecified atom stereocenters. The summed E-state index contributed by atoms with van der Waals surface area (Å²) in [5.74, 6) is 3.14. The number of hydrogen-bond donors (Lipinski definition) is 2. The second-order valence-electron chi connectivity index (χ2n) is 6.14. The zero-order valence-electron chi connectivity index (χ0n) is 14.1. The molecular weight excluding hydrogens is 360 g/mol. The van der Waals surface area contributed by atoms with Gasteiger partial charge in [0, 0.05) is 23.6 Å². The van der Waals surface area contributed by atoms with E-state index in [4.69, 9.17) is 20.7 Å². The molecule has 0 aromatic rings. The summed E-state index contributed by atoms with van der Waals surface area (Å²) < 4.78 is 0. The van der Waals surface area contributed by atoms with Gasteiger partial charge in [0.05, 0.1) is 12.1 Å². The van der Waals surface area contributed by atoms with Gasteiger partial charge in [-0.05, 0) is 54.1 Å². The van der Waals surface area contributed by atoms with Crippen LogP contribution in [0.25, 0.3) is 0 Å². The lowest BCUT2D eigenvalue weighted by atomic mass is 9.99. The van der Waals surface area contributed by atoms with Gasteiger partial charge in [0.2, 0.25) is 0 Å². The first-order valence-electron chi connectivity index (χ1n) is 8.16. The largest absolute Gasteiger partial charge is 0.481 e. The highest BCUT2D eigenvalue weighted by molar-refractivity contribution is 8.15. The third-order valence-corrected chi connectivity index (χ3v) is 8.24. The van der Waals surface area contributed by atoms with Crippen LogP contribution in [0, 0.1) is 34.5 Å². The zero-order chi connectivity index (χ0) is 18.7. The molecule has 0 aromatic carbocycles. The number of carboxylic acids is 2. The number of nitriles is 2. The Morgan fingerprint density at radius 3 is 1.84 bits per heavy atom. The fourth-order valence-electron chi connectivity index (χ4n) is 2.90. The lowest BCUT2D eigenvalue weighted by molar-refractivity contribution is -0.139. The van der Waals surface area contributed by atoms with Crippen molar-refractivity contribution in [3.05, 3.63) is 0 Å². The lowest BCUT2D eigenvalue weighted by Gasteiger charge is -2.22. The van der Waals surface area contributed by atoms with Crippen LogP contribution in [0.2, 0.25) is 0 Å². The van der Waals surface area contributed by atoms with Crippen molar-refractivity contribution >= 4 is 43.6 Å². The van der Waals surface area contributed by atoms with Gasteiger partial charge < -0.3 is 10.2 Å². The summed E-state index contributed by atoms with van der Waals surface area (Å²) in [5, 5.41) is 37.3. The number of carbonyl (C=O) groups is 2. The first-order chi connectivity index (χ1) is 11.9. The Balaban J connectivity index is 0.000000251. The Morgan fingerprint density at radius 2 is 1.32 bits per heavy atom. The monoisotopic (exact) mass is 384 g/mol. The molecule has 0 aromatic heterocycles. The highest BCUT2D eigenvalue weighted by atomic mass is 32.2. The molecule has 2 heterocycles. The van der Waals surface area contributed by atoms with Gasteiger partial charge in [0.15, 0.2) is 0 Å². The number of carboxylic acid groups (broad SMARTS) is 2. The Kier molecular flexibility index (Phi) is 10.1. The molecule has 0 bridgehead atoms. The molecule has 2 fully saturated rings. The molecule has 2 aliphatic heterocycles. The first kappa shape index (κ1) is 21.4. The molecule has 2 saturated heterocycles. The van der Waals surface area contributed by atoms with Gasteiger partial charge in [0.1, 0.15) is 0 Å². The van der Waals surface area contributed by atoms with Crippen LogP contribution in [0.15, 0.2) is 0 Å². The summed E-state index contributed by atoms with van der Waals surface area (Å²) in [6, 6.07) is 4.09. The molecule has 25 heavy (non-hydrogen) atoms. The number of aliphatic carboxylic acids is 2. The van der Waals surface area contributed by atoms with Crippen LogP contribution in [-0.2, 0) is 9.59 Å². The van der Waals surface area contributed by atoms with Crippen LogP contribution in [-0.4, -0.2) is 55.9 Å². The molecule has 0 spiro atoms. The van der Waals surface area contributed by atoms with Crippen molar-refractivity contribution in [2.75, 3.05) is 23.0 Å². The Morgan fingerprint density at radius 1 is 0.880 bits per heavy atom. The van der Waals surface area contributed by atoms with E-state index < -0.39 is 11.9 Å². The van der Waals surface area contributed by atoms with Gasteiger partial charge in [-0.1, -0.05) is 0 Å². The molecular formula is C17H24N2O4S2. The molecule has 8 heteroatoms. The minimum atomic E-state index is -0.720. The van der Waals surface area contributed by atoms with Gasteiger partial charge in [-0.15, -0.1) is 0 Å². The minimum Gasteiger partial charge on any atom is -0.481 e. The van der Waals surface area contributed by atoms with E-state index >= 15 is 0 Å². The van der Waals surface area contributed by atoms with Crippen molar-refractivity contribution in [3.63, 3.8) is 0 Å². The predicted octanol–water partition coefficient (Wildman–Crippen LogP) is 2.54. The smallest absolute Gasteiger partial charge is 0.303 e. The number of hydrogen-bond acceptors (Lipinski definition) is 4. The van der Waals surface area contributed by atoms with Crippen molar-refractivity contribution in [3.8, 4) is 12.1 Å². The summed E-state index contributed by atoms with van der Waals surface area (Å²) in [5.41, 5.74) is 0. The third-order valence-electron chi connectivity index (χ3n) is 4.18. The van der Waals surface area contributed by atoms with Crippen LogP contribution in [0.1, 0.15) is 32.1 Å². The third kappa shape index (κ3) is 9.42. The van der Waals surface area contributed by atoms with E-state index in [0.29, 0.717) is 18.3 Å². The van der Waals surface area contributed by atoms with E-state index in [2.05, 4.69) is 6.07 Å².